The van der Waals surface area contributed by atoms with Gasteiger partial charge in [-0.05, 0) is 42.3 Å². The Hall–Kier alpha value is -3.85. The van der Waals surface area contributed by atoms with Crippen LogP contribution in [0.25, 0.3) is 4.83 Å². The minimum Gasteiger partial charge on any atom is -0.497 e. The first-order chi connectivity index (χ1) is 15.9. The van der Waals surface area contributed by atoms with Crippen LogP contribution in [0, 0.1) is 6.92 Å². The summed E-state index contributed by atoms with van der Waals surface area (Å²) >= 11 is 1.12. The quantitative estimate of drug-likeness (QED) is 0.453. The number of carbonyl (C=O) groups excluding carboxylic acids is 1. The molecule has 0 spiro atoms. The Morgan fingerprint density at radius 3 is 2.09 bits per heavy atom. The van der Waals surface area contributed by atoms with Crippen molar-refractivity contribution in [2.45, 2.75) is 20.0 Å². The van der Waals surface area contributed by atoms with E-state index in [1.165, 1.54) is 15.2 Å². The molecule has 1 N–H and O–H groups in total. The van der Waals surface area contributed by atoms with E-state index in [1.807, 2.05) is 24.3 Å². The highest BCUT2D eigenvalue weighted by atomic mass is 32.1. The van der Waals surface area contributed by atoms with Crippen molar-refractivity contribution in [1.29, 1.82) is 0 Å². The van der Waals surface area contributed by atoms with Gasteiger partial charge in [0.25, 0.3) is 11.5 Å². The summed E-state index contributed by atoms with van der Waals surface area (Å²) in [5.74, 6) is 1.12. The molecule has 9 heteroatoms. The van der Waals surface area contributed by atoms with Gasteiger partial charge in [0.15, 0.2) is 0 Å². The zero-order valence-corrected chi connectivity index (χ0v) is 19.3. The molecule has 2 aromatic heterocycles. The van der Waals surface area contributed by atoms with E-state index in [4.69, 9.17) is 9.47 Å². The smallest absolute Gasteiger partial charge is 0.336 e. The monoisotopic (exact) mass is 465 g/mol. The topological polar surface area (TPSA) is 91.0 Å². The molecule has 0 bridgehead atoms. The van der Waals surface area contributed by atoms with Crippen LogP contribution in [0.1, 0.15) is 26.4 Å². The van der Waals surface area contributed by atoms with Gasteiger partial charge in [-0.1, -0.05) is 24.3 Å². The summed E-state index contributed by atoms with van der Waals surface area (Å²) in [6, 6.07) is 14.5. The molecule has 0 aliphatic carbocycles. The molecule has 2 aromatic carbocycles. The molecule has 4 rings (SSSR count). The van der Waals surface area contributed by atoms with Crippen molar-refractivity contribution in [3.8, 4) is 11.5 Å². The summed E-state index contributed by atoms with van der Waals surface area (Å²) in [7, 11) is 3.17. The Morgan fingerprint density at radius 2 is 1.52 bits per heavy atom. The second-order valence-electron chi connectivity index (χ2n) is 7.45. The number of hydrogen-bond acceptors (Lipinski definition) is 6. The van der Waals surface area contributed by atoms with Gasteiger partial charge >= 0.3 is 5.69 Å². The SMILES string of the molecule is COc1ccc(CNC(=O)c2cn3c(=O)n(Cc4ccc(OC)cc4)c(=O)c(C)c3s2)cc1. The molecule has 8 nitrogen and oxygen atoms in total. The number of hydrogen-bond donors (Lipinski definition) is 1. The Bertz CT molecular complexity index is 1420. The fourth-order valence-electron chi connectivity index (χ4n) is 3.44. The van der Waals surface area contributed by atoms with Gasteiger partial charge in [0.2, 0.25) is 0 Å². The van der Waals surface area contributed by atoms with Gasteiger partial charge in [0, 0.05) is 18.3 Å². The first-order valence-electron chi connectivity index (χ1n) is 10.2. The van der Waals surface area contributed by atoms with Gasteiger partial charge in [-0.25, -0.2) is 4.79 Å². The summed E-state index contributed by atoms with van der Waals surface area (Å²) < 4.78 is 12.8. The minimum absolute atomic E-state index is 0.125. The number of amides is 1. The Morgan fingerprint density at radius 1 is 0.939 bits per heavy atom. The van der Waals surface area contributed by atoms with Crippen molar-refractivity contribution in [3.63, 3.8) is 0 Å². The fraction of sp³-hybridized carbons (Fsp3) is 0.208. The predicted octanol–water partition coefficient (Wildman–Crippen LogP) is 2.83. The molecule has 2 heterocycles. The lowest BCUT2D eigenvalue weighted by atomic mass is 10.2. The fourth-order valence-corrected chi connectivity index (χ4v) is 4.44. The minimum atomic E-state index is -0.484. The maximum Gasteiger partial charge on any atom is 0.336 e. The molecule has 0 unspecified atom stereocenters. The van der Waals surface area contributed by atoms with Crippen molar-refractivity contribution in [1.82, 2.24) is 14.3 Å². The third-order valence-corrected chi connectivity index (χ3v) is 6.54. The molecule has 0 atom stereocenters. The number of benzene rings is 2. The van der Waals surface area contributed by atoms with Gasteiger partial charge < -0.3 is 14.8 Å². The zero-order valence-electron chi connectivity index (χ0n) is 18.5. The number of rotatable bonds is 7. The van der Waals surface area contributed by atoms with E-state index in [2.05, 4.69) is 5.32 Å². The summed E-state index contributed by atoms with van der Waals surface area (Å²) in [5.41, 5.74) is 1.27. The molecule has 1 amide bonds. The summed E-state index contributed by atoms with van der Waals surface area (Å²) in [6.07, 6.45) is 1.49. The van der Waals surface area contributed by atoms with Crippen molar-refractivity contribution in [2.24, 2.45) is 0 Å². The molecule has 33 heavy (non-hydrogen) atoms. The van der Waals surface area contributed by atoms with Gasteiger partial charge in [0.1, 0.15) is 21.2 Å². The molecule has 0 aliphatic rings. The van der Waals surface area contributed by atoms with Crippen molar-refractivity contribution in [2.75, 3.05) is 14.2 Å². The molecular formula is C24H23N3O5S. The summed E-state index contributed by atoms with van der Waals surface area (Å²) in [6.45, 7) is 2.12. The van der Waals surface area contributed by atoms with E-state index in [-0.39, 0.29) is 18.0 Å². The highest BCUT2D eigenvalue weighted by molar-refractivity contribution is 7.19. The van der Waals surface area contributed by atoms with E-state index < -0.39 is 5.69 Å². The van der Waals surface area contributed by atoms with Gasteiger partial charge in [-0.2, -0.15) is 0 Å². The molecule has 0 radical (unpaired) electrons. The van der Waals surface area contributed by atoms with Crippen molar-refractivity contribution in [3.05, 3.63) is 97.1 Å². The summed E-state index contributed by atoms with van der Waals surface area (Å²) in [4.78, 5) is 39.5. The first-order valence-corrected chi connectivity index (χ1v) is 11.0. The molecular weight excluding hydrogens is 442 g/mol. The highest BCUT2D eigenvalue weighted by Gasteiger charge is 2.17. The van der Waals surface area contributed by atoms with Crippen LogP contribution in [0.2, 0.25) is 0 Å². The first kappa shape index (κ1) is 22.3. The number of aromatic nitrogens is 2. The van der Waals surface area contributed by atoms with E-state index in [0.29, 0.717) is 27.6 Å². The largest absolute Gasteiger partial charge is 0.497 e. The molecule has 0 saturated heterocycles. The van der Waals surface area contributed by atoms with Crippen LogP contribution in [0.3, 0.4) is 0 Å². The van der Waals surface area contributed by atoms with Crippen LogP contribution < -0.4 is 26.0 Å². The second-order valence-corrected chi connectivity index (χ2v) is 8.48. The maximum atomic E-state index is 13.1. The third-order valence-electron chi connectivity index (χ3n) is 5.33. The van der Waals surface area contributed by atoms with E-state index in [9.17, 15) is 14.4 Å². The van der Waals surface area contributed by atoms with Crippen LogP contribution >= 0.6 is 11.3 Å². The average molecular weight is 466 g/mol. The van der Waals surface area contributed by atoms with Crippen molar-refractivity contribution >= 4 is 22.1 Å². The van der Waals surface area contributed by atoms with Gasteiger partial charge in [0.05, 0.1) is 20.8 Å². The second kappa shape index (κ2) is 9.33. The number of nitrogens with zero attached hydrogens (tertiary/aromatic N) is 2. The Labute approximate surface area is 193 Å². The number of ether oxygens (including phenoxy) is 2. The van der Waals surface area contributed by atoms with Gasteiger partial charge in [-0.15, -0.1) is 11.3 Å². The highest BCUT2D eigenvalue weighted by Crippen LogP contribution is 2.19. The number of nitrogens with one attached hydrogen (secondary N) is 1. The molecule has 0 fully saturated rings. The summed E-state index contributed by atoms with van der Waals surface area (Å²) in [5, 5.41) is 2.85. The maximum absolute atomic E-state index is 13.1. The average Bonchev–Trinajstić information content (AvgIpc) is 3.30. The molecule has 0 aliphatic heterocycles. The lowest BCUT2D eigenvalue weighted by Gasteiger charge is -2.08. The number of thiazole rings is 1. The standard InChI is InChI=1S/C24H23N3O5S/c1-15-22(29)26(13-17-6-10-19(32-3)11-7-17)24(30)27-14-20(33-23(15)27)21(28)25-12-16-4-8-18(31-2)9-5-16/h4-11,14H,12-13H2,1-3H3,(H,25,28). The normalized spacial score (nSPS) is 10.9. The molecule has 4 aromatic rings. The number of methoxy groups -OCH3 is 2. The lowest BCUT2D eigenvalue weighted by Crippen LogP contribution is -2.38. The van der Waals surface area contributed by atoms with Crippen LogP contribution in [0.5, 0.6) is 11.5 Å². The lowest BCUT2D eigenvalue weighted by molar-refractivity contribution is 0.0954. The van der Waals surface area contributed by atoms with E-state index >= 15 is 0 Å². The molecule has 0 saturated carbocycles. The van der Waals surface area contributed by atoms with Crippen LogP contribution in [0.4, 0.5) is 0 Å². The number of fused-ring (bicyclic) bond motifs is 1. The Kier molecular flexibility index (Phi) is 6.32. The Balaban J connectivity index is 1.60. The number of carbonyl (C=O) groups is 1. The zero-order chi connectivity index (χ0) is 23.5. The van der Waals surface area contributed by atoms with Gasteiger partial charge in [-0.3, -0.25) is 18.6 Å². The predicted molar refractivity (Wildman–Crippen MR) is 127 cm³/mol. The van der Waals surface area contributed by atoms with E-state index in [0.717, 1.165) is 28.2 Å². The van der Waals surface area contributed by atoms with Crippen molar-refractivity contribution < 1.29 is 14.3 Å². The van der Waals surface area contributed by atoms with Crippen LogP contribution in [-0.4, -0.2) is 29.1 Å². The third kappa shape index (κ3) is 4.54. The van der Waals surface area contributed by atoms with Crippen LogP contribution in [0.15, 0.2) is 64.3 Å². The van der Waals surface area contributed by atoms with Crippen LogP contribution in [-0.2, 0) is 13.1 Å². The molecule has 170 valence electrons. The number of aryl methyl sites for hydroxylation is 1. The van der Waals surface area contributed by atoms with E-state index in [1.54, 1.807) is 45.4 Å².